The lowest BCUT2D eigenvalue weighted by molar-refractivity contribution is -0.118. The third-order valence-corrected chi connectivity index (χ3v) is 5.12. The number of aryl methyl sites for hydroxylation is 2. The molecular formula is C25H20ClNO5. The summed E-state index contributed by atoms with van der Waals surface area (Å²) in [5.41, 5.74) is 2.73. The number of nitrogens with one attached hydrogen (secondary N) is 1. The molecule has 3 aromatic carbocycles. The van der Waals surface area contributed by atoms with Gasteiger partial charge in [0.2, 0.25) is 11.2 Å². The summed E-state index contributed by atoms with van der Waals surface area (Å²) in [7, 11) is 0. The predicted octanol–water partition coefficient (Wildman–Crippen LogP) is 5.87. The molecular weight excluding hydrogens is 430 g/mol. The van der Waals surface area contributed by atoms with Gasteiger partial charge in [0.15, 0.2) is 6.61 Å². The van der Waals surface area contributed by atoms with E-state index in [1.807, 2.05) is 32.0 Å². The summed E-state index contributed by atoms with van der Waals surface area (Å²) in [6, 6.07) is 17.4. The average molecular weight is 450 g/mol. The Hall–Kier alpha value is -3.77. The van der Waals surface area contributed by atoms with Crippen molar-refractivity contribution in [2.45, 2.75) is 13.8 Å². The van der Waals surface area contributed by atoms with E-state index < -0.39 is 0 Å². The number of carbonyl (C=O) groups excluding carboxylic acids is 1. The topological polar surface area (TPSA) is 77.8 Å². The molecule has 1 amide bonds. The number of fused-ring (bicyclic) bond motifs is 1. The number of ether oxygens (including phenoxy) is 2. The van der Waals surface area contributed by atoms with Gasteiger partial charge in [-0.15, -0.1) is 0 Å². The molecule has 0 bridgehead atoms. The Labute approximate surface area is 189 Å². The van der Waals surface area contributed by atoms with Gasteiger partial charge in [-0.25, -0.2) is 0 Å². The molecule has 0 unspecified atom stereocenters. The van der Waals surface area contributed by atoms with E-state index in [-0.39, 0.29) is 23.7 Å². The summed E-state index contributed by atoms with van der Waals surface area (Å²) in [4.78, 5) is 25.0. The number of benzene rings is 3. The molecule has 0 atom stereocenters. The zero-order chi connectivity index (χ0) is 22.7. The fourth-order valence-corrected chi connectivity index (χ4v) is 3.28. The molecule has 0 saturated carbocycles. The number of carbonyl (C=O) groups is 1. The van der Waals surface area contributed by atoms with Crippen molar-refractivity contribution in [3.8, 4) is 17.2 Å². The van der Waals surface area contributed by atoms with E-state index in [4.69, 9.17) is 25.5 Å². The molecule has 0 aliphatic heterocycles. The van der Waals surface area contributed by atoms with Crippen LogP contribution in [0.4, 0.5) is 5.69 Å². The lowest BCUT2D eigenvalue weighted by Crippen LogP contribution is -2.20. The van der Waals surface area contributed by atoms with Crippen molar-refractivity contribution in [2.75, 3.05) is 11.9 Å². The van der Waals surface area contributed by atoms with Gasteiger partial charge >= 0.3 is 0 Å². The molecule has 32 heavy (non-hydrogen) atoms. The maximum Gasteiger partial charge on any atom is 0.262 e. The van der Waals surface area contributed by atoms with Gasteiger partial charge in [-0.3, -0.25) is 9.59 Å². The van der Waals surface area contributed by atoms with E-state index in [9.17, 15) is 9.59 Å². The van der Waals surface area contributed by atoms with Gasteiger partial charge in [0.25, 0.3) is 5.91 Å². The number of rotatable bonds is 6. The van der Waals surface area contributed by atoms with Crippen molar-refractivity contribution in [2.24, 2.45) is 0 Å². The summed E-state index contributed by atoms with van der Waals surface area (Å²) in [6.45, 7) is 3.70. The van der Waals surface area contributed by atoms with Crippen LogP contribution in [0.3, 0.4) is 0 Å². The molecule has 0 fully saturated rings. The van der Waals surface area contributed by atoms with Crippen LogP contribution in [-0.4, -0.2) is 12.5 Å². The monoisotopic (exact) mass is 449 g/mol. The van der Waals surface area contributed by atoms with Crippen LogP contribution in [0.15, 0.2) is 76.1 Å². The van der Waals surface area contributed by atoms with E-state index in [0.29, 0.717) is 27.5 Å². The highest BCUT2D eigenvalue weighted by atomic mass is 35.5. The second kappa shape index (κ2) is 9.16. The molecule has 1 heterocycles. The minimum atomic E-state index is -0.342. The van der Waals surface area contributed by atoms with Crippen LogP contribution in [0.2, 0.25) is 5.02 Å². The molecule has 4 rings (SSSR count). The van der Waals surface area contributed by atoms with Gasteiger partial charge in [0.1, 0.15) is 23.3 Å². The van der Waals surface area contributed by atoms with Crippen LogP contribution in [-0.2, 0) is 4.79 Å². The maximum absolute atomic E-state index is 12.8. The molecule has 0 saturated heterocycles. The SMILES string of the molecule is Cc1ccc(C)c(NC(=O)COc2ccc3c(=O)c(Oc4ccccc4Cl)coc3c2)c1. The summed E-state index contributed by atoms with van der Waals surface area (Å²) in [5, 5.41) is 3.54. The number of anilines is 1. The van der Waals surface area contributed by atoms with Crippen LogP contribution in [0, 0.1) is 13.8 Å². The average Bonchev–Trinajstić information content (AvgIpc) is 2.78. The summed E-state index contributed by atoms with van der Waals surface area (Å²) >= 11 is 6.09. The van der Waals surface area contributed by atoms with Crippen molar-refractivity contribution in [3.63, 3.8) is 0 Å². The van der Waals surface area contributed by atoms with Gasteiger partial charge in [0, 0.05) is 11.8 Å². The number of hydrogen-bond donors (Lipinski definition) is 1. The zero-order valence-electron chi connectivity index (χ0n) is 17.5. The molecule has 7 heteroatoms. The van der Waals surface area contributed by atoms with E-state index >= 15 is 0 Å². The smallest absolute Gasteiger partial charge is 0.262 e. The Morgan fingerprint density at radius 2 is 1.84 bits per heavy atom. The van der Waals surface area contributed by atoms with Gasteiger partial charge < -0.3 is 19.2 Å². The highest BCUT2D eigenvalue weighted by Crippen LogP contribution is 2.29. The Balaban J connectivity index is 1.47. The molecule has 0 aliphatic carbocycles. The van der Waals surface area contributed by atoms with E-state index in [0.717, 1.165) is 16.8 Å². The first-order valence-corrected chi connectivity index (χ1v) is 10.3. The molecule has 1 N–H and O–H groups in total. The first-order valence-electron chi connectivity index (χ1n) is 9.88. The van der Waals surface area contributed by atoms with Crippen molar-refractivity contribution in [1.29, 1.82) is 0 Å². The van der Waals surface area contributed by atoms with Crippen LogP contribution in [0.25, 0.3) is 11.0 Å². The fraction of sp³-hybridized carbons (Fsp3) is 0.120. The Morgan fingerprint density at radius 1 is 1.03 bits per heavy atom. The van der Waals surface area contributed by atoms with Crippen LogP contribution >= 0.6 is 11.6 Å². The Bertz CT molecular complexity index is 1360. The first kappa shape index (κ1) is 21.5. The number of para-hydroxylation sites is 1. The lowest BCUT2D eigenvalue weighted by Gasteiger charge is -2.11. The zero-order valence-corrected chi connectivity index (χ0v) is 18.2. The highest BCUT2D eigenvalue weighted by Gasteiger charge is 2.12. The largest absolute Gasteiger partial charge is 0.484 e. The maximum atomic E-state index is 12.8. The van der Waals surface area contributed by atoms with Gasteiger partial charge in [-0.05, 0) is 55.3 Å². The molecule has 4 aromatic rings. The molecule has 162 valence electrons. The highest BCUT2D eigenvalue weighted by molar-refractivity contribution is 6.32. The molecule has 0 radical (unpaired) electrons. The van der Waals surface area contributed by atoms with Gasteiger partial charge in [-0.2, -0.15) is 0 Å². The quantitative estimate of drug-likeness (QED) is 0.398. The fourth-order valence-electron chi connectivity index (χ4n) is 3.10. The summed E-state index contributed by atoms with van der Waals surface area (Å²) in [6.07, 6.45) is 1.23. The minimum absolute atomic E-state index is 0.0205. The molecule has 6 nitrogen and oxygen atoms in total. The Kier molecular flexibility index (Phi) is 6.14. The summed E-state index contributed by atoms with van der Waals surface area (Å²) < 4.78 is 16.7. The second-order valence-electron chi connectivity index (χ2n) is 7.27. The third kappa shape index (κ3) is 4.76. The van der Waals surface area contributed by atoms with Crippen molar-refractivity contribution in [1.82, 2.24) is 0 Å². The van der Waals surface area contributed by atoms with Crippen molar-refractivity contribution < 1.29 is 18.7 Å². The van der Waals surface area contributed by atoms with Gasteiger partial charge in [0.05, 0.1) is 10.4 Å². The van der Waals surface area contributed by atoms with Crippen LogP contribution in [0.1, 0.15) is 11.1 Å². The Morgan fingerprint density at radius 3 is 2.66 bits per heavy atom. The molecule has 1 aromatic heterocycles. The first-order chi connectivity index (χ1) is 15.4. The van der Waals surface area contributed by atoms with Crippen LogP contribution in [0.5, 0.6) is 17.2 Å². The third-order valence-electron chi connectivity index (χ3n) is 4.81. The normalized spacial score (nSPS) is 10.7. The van der Waals surface area contributed by atoms with Crippen LogP contribution < -0.4 is 20.2 Å². The summed E-state index contributed by atoms with van der Waals surface area (Å²) in [5.74, 6) is 0.489. The molecule has 0 aliphatic rings. The minimum Gasteiger partial charge on any atom is -0.484 e. The standard InChI is InChI=1S/C25H20ClNO5/c1-15-7-8-16(2)20(11-15)27-24(28)14-30-17-9-10-18-22(12-17)31-13-23(25(18)29)32-21-6-4-3-5-19(21)26/h3-13H,14H2,1-2H3,(H,27,28). The van der Waals surface area contributed by atoms with Crippen molar-refractivity contribution >= 4 is 34.2 Å². The van der Waals surface area contributed by atoms with E-state index in [2.05, 4.69) is 5.32 Å². The number of hydrogen-bond acceptors (Lipinski definition) is 5. The van der Waals surface area contributed by atoms with Gasteiger partial charge in [-0.1, -0.05) is 35.9 Å². The number of halogens is 1. The lowest BCUT2D eigenvalue weighted by atomic mass is 10.1. The second-order valence-corrected chi connectivity index (χ2v) is 7.68. The predicted molar refractivity (Wildman–Crippen MR) is 124 cm³/mol. The number of amides is 1. The molecule has 0 spiro atoms. The van der Waals surface area contributed by atoms with Crippen molar-refractivity contribution in [3.05, 3.63) is 93.3 Å². The van der Waals surface area contributed by atoms with E-state index in [1.54, 1.807) is 42.5 Å². The van der Waals surface area contributed by atoms with E-state index in [1.165, 1.54) is 6.26 Å².